The van der Waals surface area contributed by atoms with E-state index in [1.54, 1.807) is 0 Å². The van der Waals surface area contributed by atoms with Gasteiger partial charge in [0.2, 0.25) is 11.9 Å². The van der Waals surface area contributed by atoms with E-state index in [4.69, 9.17) is 15.7 Å². The average Bonchev–Trinajstić information content (AvgIpc) is 3.43. The zero-order valence-electron chi connectivity index (χ0n) is 18.3. The van der Waals surface area contributed by atoms with Crippen LogP contribution in [0, 0.1) is 0 Å². The van der Waals surface area contributed by atoms with Crippen molar-refractivity contribution in [1.82, 2.24) is 19.5 Å². The molecule has 2 aliphatic rings. The Hall–Kier alpha value is -2.67. The maximum atomic E-state index is 6.06. The first-order chi connectivity index (χ1) is 15.2. The van der Waals surface area contributed by atoms with Gasteiger partial charge >= 0.3 is 0 Å². The molecule has 0 spiro atoms. The van der Waals surface area contributed by atoms with Crippen molar-refractivity contribution in [1.29, 1.82) is 0 Å². The minimum Gasteiger partial charge on any atom is -0.351 e. The quantitative estimate of drug-likeness (QED) is 0.531. The van der Waals surface area contributed by atoms with E-state index in [0.29, 0.717) is 24.1 Å². The van der Waals surface area contributed by atoms with E-state index in [-0.39, 0.29) is 6.04 Å². The van der Waals surface area contributed by atoms with Crippen LogP contribution in [0.2, 0.25) is 0 Å². The molecule has 0 saturated heterocycles. The molecule has 0 aliphatic heterocycles. The van der Waals surface area contributed by atoms with Gasteiger partial charge in [-0.25, -0.2) is 9.97 Å². The number of anilines is 2. The number of aromatic nitrogens is 4. The normalized spacial score (nSPS) is 23.2. The molecule has 0 amide bonds. The highest BCUT2D eigenvalue weighted by Gasteiger charge is 2.25. The third-order valence-corrected chi connectivity index (χ3v) is 6.87. The largest absolute Gasteiger partial charge is 0.351 e. The summed E-state index contributed by atoms with van der Waals surface area (Å²) in [7, 11) is 0. The van der Waals surface area contributed by atoms with Crippen molar-refractivity contribution in [2.24, 2.45) is 5.73 Å². The maximum absolute atomic E-state index is 6.06. The molecule has 1 atom stereocenters. The Balaban J connectivity index is 1.45. The summed E-state index contributed by atoms with van der Waals surface area (Å²) in [6.07, 6.45) is 11.0. The zero-order valence-corrected chi connectivity index (χ0v) is 18.3. The molecule has 2 fully saturated rings. The van der Waals surface area contributed by atoms with Gasteiger partial charge in [0.25, 0.3) is 0 Å². The smallest absolute Gasteiger partial charge is 0.224 e. The molecule has 2 heterocycles. The van der Waals surface area contributed by atoms with Crippen LogP contribution < -0.4 is 16.4 Å². The van der Waals surface area contributed by atoms with Gasteiger partial charge in [0.15, 0.2) is 5.65 Å². The van der Waals surface area contributed by atoms with Crippen LogP contribution in [-0.2, 0) is 0 Å². The number of benzene rings is 1. The molecule has 31 heavy (non-hydrogen) atoms. The molecule has 1 aromatic carbocycles. The molecular formula is C24H33N7. The molecule has 5 rings (SSSR count). The van der Waals surface area contributed by atoms with Gasteiger partial charge in [-0.1, -0.05) is 43.2 Å². The Bertz CT molecular complexity index is 1000. The van der Waals surface area contributed by atoms with Crippen molar-refractivity contribution in [3.05, 3.63) is 42.1 Å². The van der Waals surface area contributed by atoms with Crippen molar-refractivity contribution < 1.29 is 0 Å². The summed E-state index contributed by atoms with van der Waals surface area (Å²) < 4.78 is 2.32. The molecule has 2 aliphatic carbocycles. The molecular weight excluding hydrogens is 386 g/mol. The molecule has 7 nitrogen and oxygen atoms in total. The van der Waals surface area contributed by atoms with E-state index in [0.717, 1.165) is 42.8 Å². The lowest BCUT2D eigenvalue weighted by Gasteiger charge is -2.26. The van der Waals surface area contributed by atoms with Crippen LogP contribution in [-0.4, -0.2) is 31.6 Å². The van der Waals surface area contributed by atoms with E-state index < -0.39 is 0 Å². The van der Waals surface area contributed by atoms with Gasteiger partial charge in [0, 0.05) is 18.1 Å². The van der Waals surface area contributed by atoms with Gasteiger partial charge in [-0.2, -0.15) is 4.98 Å². The average molecular weight is 420 g/mol. The van der Waals surface area contributed by atoms with Crippen molar-refractivity contribution in [3.63, 3.8) is 0 Å². The van der Waals surface area contributed by atoms with Gasteiger partial charge in [-0.3, -0.25) is 4.57 Å². The number of hydrogen-bond acceptors (Lipinski definition) is 6. The molecule has 4 N–H and O–H groups in total. The fourth-order valence-corrected chi connectivity index (χ4v) is 5.04. The van der Waals surface area contributed by atoms with Crippen molar-refractivity contribution in [2.75, 3.05) is 10.6 Å². The van der Waals surface area contributed by atoms with E-state index in [2.05, 4.69) is 51.4 Å². The van der Waals surface area contributed by atoms with Crippen molar-refractivity contribution in [2.45, 2.75) is 82.5 Å². The van der Waals surface area contributed by atoms with Crippen LogP contribution in [0.4, 0.5) is 11.9 Å². The number of nitrogens with one attached hydrogen (secondary N) is 2. The van der Waals surface area contributed by atoms with E-state index in [1.807, 2.05) is 12.3 Å². The van der Waals surface area contributed by atoms with E-state index >= 15 is 0 Å². The molecule has 3 aromatic rings. The number of fused-ring (bicyclic) bond motifs is 1. The number of imidazole rings is 1. The number of hydrogen-bond donors (Lipinski definition) is 3. The summed E-state index contributed by atoms with van der Waals surface area (Å²) in [6.45, 7) is 2.18. The Morgan fingerprint density at radius 3 is 2.48 bits per heavy atom. The maximum Gasteiger partial charge on any atom is 0.224 e. The summed E-state index contributed by atoms with van der Waals surface area (Å²) in [5.74, 6) is 1.60. The second-order valence-electron chi connectivity index (χ2n) is 9.18. The van der Waals surface area contributed by atoms with Gasteiger partial charge in [0.05, 0.1) is 12.2 Å². The summed E-state index contributed by atoms with van der Waals surface area (Å²) in [6, 6.07) is 11.8. The highest BCUT2D eigenvalue weighted by Crippen LogP contribution is 2.36. The molecule has 0 bridgehead atoms. The van der Waals surface area contributed by atoms with Gasteiger partial charge in [-0.15, -0.1) is 0 Å². The summed E-state index contributed by atoms with van der Waals surface area (Å²) in [5, 5.41) is 7.20. The molecule has 0 unspecified atom stereocenters. The monoisotopic (exact) mass is 419 g/mol. The predicted molar refractivity (Wildman–Crippen MR) is 125 cm³/mol. The van der Waals surface area contributed by atoms with Crippen LogP contribution in [0.1, 0.15) is 75.9 Å². The van der Waals surface area contributed by atoms with Gasteiger partial charge < -0.3 is 16.4 Å². The van der Waals surface area contributed by atoms with Crippen molar-refractivity contribution in [3.8, 4) is 0 Å². The summed E-state index contributed by atoms with van der Waals surface area (Å²) in [5.41, 5.74) is 9.09. The second-order valence-corrected chi connectivity index (χ2v) is 9.18. The van der Waals surface area contributed by atoms with E-state index in [1.165, 1.54) is 31.2 Å². The minimum atomic E-state index is 0.162. The SMILES string of the molecule is C[C@@H](Nc1nc2cnc(NC3CCC(N)CC3)nc2n1C1CCCC1)c1ccccc1. The van der Waals surface area contributed by atoms with Crippen LogP contribution in [0.3, 0.4) is 0 Å². The lowest BCUT2D eigenvalue weighted by molar-refractivity contribution is 0.410. The highest BCUT2D eigenvalue weighted by atomic mass is 15.3. The molecule has 2 saturated carbocycles. The second kappa shape index (κ2) is 8.83. The Labute approximate surface area is 183 Å². The van der Waals surface area contributed by atoms with Gasteiger partial charge in [0.1, 0.15) is 5.52 Å². The Morgan fingerprint density at radius 1 is 1.00 bits per heavy atom. The third-order valence-electron chi connectivity index (χ3n) is 6.87. The topological polar surface area (TPSA) is 93.7 Å². The Kier molecular flexibility index (Phi) is 5.76. The highest BCUT2D eigenvalue weighted by molar-refractivity contribution is 5.75. The molecule has 2 aromatic heterocycles. The molecule has 0 radical (unpaired) electrons. The number of nitrogens with zero attached hydrogens (tertiary/aromatic N) is 4. The van der Waals surface area contributed by atoms with Crippen LogP contribution >= 0.6 is 0 Å². The fraction of sp³-hybridized carbons (Fsp3) is 0.542. The molecule has 7 heteroatoms. The first-order valence-corrected chi connectivity index (χ1v) is 11.8. The van der Waals surface area contributed by atoms with Crippen LogP contribution in [0.15, 0.2) is 36.5 Å². The Morgan fingerprint density at radius 2 is 1.74 bits per heavy atom. The minimum absolute atomic E-state index is 0.162. The van der Waals surface area contributed by atoms with Crippen LogP contribution in [0.25, 0.3) is 11.2 Å². The lowest BCUT2D eigenvalue weighted by atomic mass is 9.92. The summed E-state index contributed by atoms with van der Waals surface area (Å²) in [4.78, 5) is 14.4. The first kappa shape index (κ1) is 20.2. The van der Waals surface area contributed by atoms with Crippen molar-refractivity contribution >= 4 is 23.1 Å². The standard InChI is InChI=1S/C24H33N7/c1-16(17-7-3-2-4-8-17)27-24-29-21-15-26-23(28-19-13-11-18(25)12-14-19)30-22(21)31(24)20-9-5-6-10-20/h2-4,7-8,15-16,18-20H,5-6,9-14,25H2,1H3,(H,27,29)(H,26,28,30)/t16-,18?,19?/m1/s1. The number of rotatable bonds is 6. The summed E-state index contributed by atoms with van der Waals surface area (Å²) >= 11 is 0. The first-order valence-electron chi connectivity index (χ1n) is 11.8. The predicted octanol–water partition coefficient (Wildman–Crippen LogP) is 4.80. The molecule has 164 valence electrons. The van der Waals surface area contributed by atoms with E-state index in [9.17, 15) is 0 Å². The van der Waals surface area contributed by atoms with Gasteiger partial charge in [-0.05, 0) is 51.0 Å². The fourth-order valence-electron chi connectivity index (χ4n) is 5.04. The third kappa shape index (κ3) is 4.37. The number of nitrogens with two attached hydrogens (primary N) is 1. The zero-order chi connectivity index (χ0) is 21.2. The van der Waals surface area contributed by atoms with Crippen LogP contribution in [0.5, 0.6) is 0 Å². The lowest BCUT2D eigenvalue weighted by Crippen LogP contribution is -2.33.